The van der Waals surface area contributed by atoms with E-state index in [1.54, 1.807) is 13.8 Å². The third-order valence-corrected chi connectivity index (χ3v) is 2.26. The zero-order chi connectivity index (χ0) is 14.6. The molecule has 0 aliphatic rings. The lowest BCUT2D eigenvalue weighted by atomic mass is 9.89. The third kappa shape index (κ3) is 6.96. The van der Waals surface area contributed by atoms with Crippen LogP contribution in [-0.4, -0.2) is 40.7 Å². The predicted molar refractivity (Wildman–Crippen MR) is 72.6 cm³/mol. The average Bonchev–Trinajstić information content (AvgIpc) is 2.13. The molecule has 0 aliphatic carbocycles. The van der Waals surface area contributed by atoms with Gasteiger partial charge in [0, 0.05) is 10.7 Å². The predicted octanol–water partition coefficient (Wildman–Crippen LogP) is 2.04. The molecule has 0 radical (unpaired) electrons. The first kappa shape index (κ1) is 17.4. The second-order valence-corrected chi connectivity index (χ2v) is 6.47. The molecule has 0 saturated carbocycles. The number of alkyl halides is 1. The standard InChI is InChI=1S/C11H19BrO5.CH4/c1-5-17-9(14)11(15,6-8(13)16-4)7-10(2,3)12;/h15H,5-7H2,1-4H3;1H4/i5T;. The van der Waals surface area contributed by atoms with Gasteiger partial charge in [-0.25, -0.2) is 4.79 Å². The van der Waals surface area contributed by atoms with E-state index in [0.29, 0.717) is 0 Å². The lowest BCUT2D eigenvalue weighted by molar-refractivity contribution is -0.172. The summed E-state index contributed by atoms with van der Waals surface area (Å²) in [4.78, 5) is 23.0. The second kappa shape index (κ2) is 7.74. The van der Waals surface area contributed by atoms with Crippen LogP contribution in [0.4, 0.5) is 0 Å². The fourth-order valence-corrected chi connectivity index (χ4v) is 1.89. The Hall–Kier alpha value is -0.620. The van der Waals surface area contributed by atoms with E-state index in [0.717, 1.165) is 0 Å². The maximum absolute atomic E-state index is 11.8. The largest absolute Gasteiger partial charge is 0.469 e. The highest BCUT2D eigenvalue weighted by Crippen LogP contribution is 2.31. The minimum atomic E-state index is -2.00. The van der Waals surface area contributed by atoms with E-state index in [1.165, 1.54) is 14.0 Å². The Balaban J connectivity index is 0. The summed E-state index contributed by atoms with van der Waals surface area (Å²) in [6, 6.07) is 0. The molecule has 1 N–H and O–H groups in total. The number of halogens is 1. The highest BCUT2D eigenvalue weighted by atomic mass is 79.9. The van der Waals surface area contributed by atoms with Crippen LogP contribution in [0, 0.1) is 0 Å². The topological polar surface area (TPSA) is 72.8 Å². The first-order valence-electron chi connectivity index (χ1n) is 5.69. The summed E-state index contributed by atoms with van der Waals surface area (Å²) in [7, 11) is 1.17. The van der Waals surface area contributed by atoms with Gasteiger partial charge in [0.25, 0.3) is 0 Å². The molecule has 0 bridgehead atoms. The number of hydrogen-bond acceptors (Lipinski definition) is 5. The average molecular weight is 329 g/mol. The molecule has 0 fully saturated rings. The van der Waals surface area contributed by atoms with Crippen LogP contribution in [-0.2, 0) is 19.1 Å². The fourth-order valence-electron chi connectivity index (χ4n) is 1.43. The first-order chi connectivity index (χ1) is 8.00. The SMILES string of the molecule is C.[3H]C(C)OC(=O)C(O)(CC(=O)OC)CC(C)(C)Br. The first-order valence-corrected chi connectivity index (χ1v) is 5.91. The molecule has 5 nitrogen and oxygen atoms in total. The maximum atomic E-state index is 11.8. The highest BCUT2D eigenvalue weighted by molar-refractivity contribution is 9.10. The minimum Gasteiger partial charge on any atom is -0.469 e. The number of ether oxygens (including phenoxy) is 2. The monoisotopic (exact) mass is 328 g/mol. The van der Waals surface area contributed by atoms with Crippen molar-refractivity contribution in [2.75, 3.05) is 13.7 Å². The van der Waals surface area contributed by atoms with Crippen molar-refractivity contribution in [3.8, 4) is 0 Å². The summed E-state index contributed by atoms with van der Waals surface area (Å²) in [6.07, 6.45) is -0.551. The van der Waals surface area contributed by atoms with E-state index in [2.05, 4.69) is 25.4 Å². The van der Waals surface area contributed by atoms with Crippen molar-refractivity contribution in [2.24, 2.45) is 0 Å². The summed E-state index contributed by atoms with van der Waals surface area (Å²) in [5.74, 6) is -1.72. The highest BCUT2D eigenvalue weighted by Gasteiger charge is 2.43. The van der Waals surface area contributed by atoms with Crippen molar-refractivity contribution in [1.82, 2.24) is 0 Å². The van der Waals surface area contributed by atoms with E-state index in [-0.39, 0.29) is 13.8 Å². The quantitative estimate of drug-likeness (QED) is 0.596. The summed E-state index contributed by atoms with van der Waals surface area (Å²) >= 11 is 3.29. The fraction of sp³-hybridized carbons (Fsp3) is 0.833. The van der Waals surface area contributed by atoms with Gasteiger partial charge in [0.1, 0.15) is 0 Å². The Kier molecular flexibility index (Phi) is 7.47. The molecule has 2 atom stereocenters. The van der Waals surface area contributed by atoms with E-state index in [1.807, 2.05) is 0 Å². The van der Waals surface area contributed by atoms with Crippen molar-refractivity contribution in [3.63, 3.8) is 0 Å². The summed E-state index contributed by atoms with van der Waals surface area (Å²) in [5, 5.41) is 10.3. The van der Waals surface area contributed by atoms with Gasteiger partial charge < -0.3 is 14.6 Å². The van der Waals surface area contributed by atoms with Crippen molar-refractivity contribution in [2.45, 2.75) is 51.0 Å². The van der Waals surface area contributed by atoms with E-state index in [4.69, 9.17) is 1.37 Å². The lowest BCUT2D eigenvalue weighted by Gasteiger charge is -2.30. The van der Waals surface area contributed by atoms with E-state index in [9.17, 15) is 14.7 Å². The van der Waals surface area contributed by atoms with Crippen LogP contribution < -0.4 is 0 Å². The van der Waals surface area contributed by atoms with E-state index >= 15 is 0 Å². The van der Waals surface area contributed by atoms with Crippen LogP contribution in [0.1, 0.15) is 42.4 Å². The van der Waals surface area contributed by atoms with Crippen LogP contribution in [0.15, 0.2) is 0 Å². The smallest absolute Gasteiger partial charge is 0.338 e. The number of carbonyl (C=O) groups is 2. The molecule has 2 unspecified atom stereocenters. The van der Waals surface area contributed by atoms with Crippen molar-refractivity contribution >= 4 is 27.9 Å². The number of aliphatic hydroxyl groups is 1. The molecule has 18 heavy (non-hydrogen) atoms. The summed E-state index contributed by atoms with van der Waals surface area (Å²) < 4.78 is 15.7. The van der Waals surface area contributed by atoms with Crippen LogP contribution in [0.5, 0.6) is 0 Å². The van der Waals surface area contributed by atoms with E-state index < -0.39 is 34.9 Å². The molecule has 0 amide bonds. The van der Waals surface area contributed by atoms with Gasteiger partial charge in [-0.1, -0.05) is 23.4 Å². The van der Waals surface area contributed by atoms with Crippen LogP contribution in [0.25, 0.3) is 0 Å². The third-order valence-electron chi connectivity index (χ3n) is 1.98. The molecule has 6 heteroatoms. The molecular formula is C12H23BrO5. The van der Waals surface area contributed by atoms with Crippen LogP contribution >= 0.6 is 15.9 Å². The van der Waals surface area contributed by atoms with Gasteiger partial charge in [0.15, 0.2) is 5.60 Å². The molecule has 0 saturated heterocycles. The number of methoxy groups -OCH3 is 1. The normalized spacial score (nSPS) is 16.7. The van der Waals surface area contributed by atoms with Gasteiger partial charge in [-0.05, 0) is 20.8 Å². The van der Waals surface area contributed by atoms with Crippen molar-refractivity contribution < 1.29 is 25.5 Å². The molecular weight excluding hydrogens is 304 g/mol. The molecule has 0 heterocycles. The zero-order valence-corrected chi connectivity index (χ0v) is 12.0. The van der Waals surface area contributed by atoms with Crippen LogP contribution in [0.2, 0.25) is 0 Å². The van der Waals surface area contributed by atoms with Crippen LogP contribution in [0.3, 0.4) is 0 Å². The van der Waals surface area contributed by atoms with Crippen molar-refractivity contribution in [3.05, 3.63) is 0 Å². The van der Waals surface area contributed by atoms with Gasteiger partial charge in [-0.2, -0.15) is 0 Å². The number of esters is 2. The molecule has 0 aromatic heterocycles. The van der Waals surface area contributed by atoms with Gasteiger partial charge in [-0.3, -0.25) is 4.79 Å². The maximum Gasteiger partial charge on any atom is 0.338 e. The second-order valence-electron chi connectivity index (χ2n) is 4.32. The molecule has 0 aliphatic heterocycles. The number of hydrogen-bond donors (Lipinski definition) is 1. The zero-order valence-electron chi connectivity index (χ0n) is 11.4. The van der Waals surface area contributed by atoms with Crippen molar-refractivity contribution in [1.29, 1.82) is 0 Å². The Morgan fingerprint density at radius 2 is 1.94 bits per heavy atom. The number of rotatable bonds is 6. The Labute approximate surface area is 118 Å². The van der Waals surface area contributed by atoms with Gasteiger partial charge in [0.2, 0.25) is 0 Å². The Bertz CT molecular complexity index is 314. The van der Waals surface area contributed by atoms with Gasteiger partial charge >= 0.3 is 11.9 Å². The van der Waals surface area contributed by atoms with Gasteiger partial charge in [0.05, 0.1) is 21.5 Å². The summed E-state index contributed by atoms with van der Waals surface area (Å²) in [6.45, 7) is 3.72. The Morgan fingerprint density at radius 3 is 2.28 bits per heavy atom. The molecule has 0 spiro atoms. The molecule has 0 rings (SSSR count). The van der Waals surface area contributed by atoms with Gasteiger partial charge in [-0.15, -0.1) is 0 Å². The summed E-state index contributed by atoms with van der Waals surface area (Å²) in [5.41, 5.74) is -2.00. The Morgan fingerprint density at radius 1 is 1.44 bits per heavy atom. The lowest BCUT2D eigenvalue weighted by Crippen LogP contribution is -2.46. The minimum absolute atomic E-state index is 0. The number of carbonyl (C=O) groups excluding carboxylic acids is 2. The molecule has 108 valence electrons. The molecule has 0 aromatic rings. The molecule has 0 aromatic carbocycles.